The summed E-state index contributed by atoms with van der Waals surface area (Å²) in [7, 11) is 0. The van der Waals surface area contributed by atoms with Crippen LogP contribution < -0.4 is 0 Å². The van der Waals surface area contributed by atoms with E-state index in [1.54, 1.807) is 0 Å². The Bertz CT molecular complexity index is 961. The van der Waals surface area contributed by atoms with Crippen LogP contribution in [0.15, 0.2) is 24.3 Å². The minimum absolute atomic E-state index is 0.189. The van der Waals surface area contributed by atoms with E-state index in [0.29, 0.717) is 24.4 Å². The molecule has 4 rings (SSSR count). The number of hydrogen-bond donors (Lipinski definition) is 2. The number of nitrogens with zero attached hydrogens (tertiary/aromatic N) is 3. The van der Waals surface area contributed by atoms with E-state index >= 15 is 0 Å². The molecule has 9 nitrogen and oxygen atoms in total. The number of piperidine rings is 1. The second kappa shape index (κ2) is 14.6. The molecule has 3 aliphatic heterocycles. The van der Waals surface area contributed by atoms with Crippen LogP contribution in [-0.4, -0.2) is 113 Å². The highest BCUT2D eigenvalue weighted by Crippen LogP contribution is 2.32. The lowest BCUT2D eigenvalue weighted by Gasteiger charge is -2.41. The largest absolute Gasteiger partial charge is 0.490 e. The summed E-state index contributed by atoms with van der Waals surface area (Å²) in [4.78, 5) is 37.3. The average Bonchev–Trinajstić information content (AvgIpc) is 3.27. The Morgan fingerprint density at radius 3 is 1.88 bits per heavy atom. The molecular formula is C24H30F7N3O6. The molecular weight excluding hydrogens is 559 g/mol. The van der Waals surface area contributed by atoms with Gasteiger partial charge in [0.1, 0.15) is 5.82 Å². The number of aliphatic carboxylic acids is 2. The van der Waals surface area contributed by atoms with E-state index in [0.717, 1.165) is 70.9 Å². The first-order valence-electron chi connectivity index (χ1n) is 12.3. The van der Waals surface area contributed by atoms with Gasteiger partial charge in [-0.25, -0.2) is 14.0 Å². The zero-order valence-electron chi connectivity index (χ0n) is 21.3. The highest BCUT2D eigenvalue weighted by Gasteiger charge is 2.43. The van der Waals surface area contributed by atoms with Gasteiger partial charge in [0, 0.05) is 57.8 Å². The normalized spacial score (nSPS) is 22.0. The number of morpholine rings is 1. The van der Waals surface area contributed by atoms with Crippen molar-refractivity contribution in [2.24, 2.45) is 0 Å². The third kappa shape index (κ3) is 10.5. The SMILES string of the molecule is O=C(O)C(F)(F)F.O=C(O)C(F)(F)F.O=C1CC[C@@H]2[C@@H](CCN2Cc2ccc(F)cc2)N1CCN1CCOCC1. The van der Waals surface area contributed by atoms with Crippen LogP contribution in [0.5, 0.6) is 0 Å². The predicted octanol–water partition coefficient (Wildman–Crippen LogP) is 2.99. The number of alkyl halides is 6. The van der Waals surface area contributed by atoms with E-state index in [4.69, 9.17) is 24.5 Å². The molecule has 3 saturated heterocycles. The van der Waals surface area contributed by atoms with Crippen molar-refractivity contribution in [2.45, 2.75) is 50.2 Å². The molecule has 1 aromatic rings. The summed E-state index contributed by atoms with van der Waals surface area (Å²) in [5.41, 5.74) is 1.14. The summed E-state index contributed by atoms with van der Waals surface area (Å²) in [5.74, 6) is -5.39. The van der Waals surface area contributed by atoms with E-state index in [2.05, 4.69) is 14.7 Å². The number of hydrogen-bond acceptors (Lipinski definition) is 6. The Morgan fingerprint density at radius 1 is 0.850 bits per heavy atom. The van der Waals surface area contributed by atoms with Gasteiger partial charge >= 0.3 is 24.3 Å². The van der Waals surface area contributed by atoms with Crippen LogP contribution in [0.25, 0.3) is 0 Å². The number of fused-ring (bicyclic) bond motifs is 1. The van der Waals surface area contributed by atoms with Crippen molar-refractivity contribution in [3.63, 3.8) is 0 Å². The van der Waals surface area contributed by atoms with Crippen molar-refractivity contribution in [3.05, 3.63) is 35.6 Å². The lowest BCUT2D eigenvalue weighted by molar-refractivity contribution is -0.193. The molecule has 0 aliphatic carbocycles. The van der Waals surface area contributed by atoms with Crippen LogP contribution >= 0.6 is 0 Å². The molecule has 1 amide bonds. The number of carboxylic acid groups (broad SMARTS) is 2. The number of carboxylic acids is 2. The second-order valence-corrected chi connectivity index (χ2v) is 9.21. The smallest absolute Gasteiger partial charge is 0.475 e. The van der Waals surface area contributed by atoms with Gasteiger partial charge in [0.15, 0.2) is 0 Å². The van der Waals surface area contributed by atoms with Gasteiger partial charge < -0.3 is 19.8 Å². The average molecular weight is 590 g/mol. The van der Waals surface area contributed by atoms with E-state index in [1.807, 2.05) is 12.1 Å². The molecule has 226 valence electrons. The van der Waals surface area contributed by atoms with Crippen molar-refractivity contribution in [1.82, 2.24) is 14.7 Å². The maximum absolute atomic E-state index is 13.1. The van der Waals surface area contributed by atoms with Crippen LogP contribution in [0, 0.1) is 5.82 Å². The Morgan fingerprint density at radius 2 is 1.38 bits per heavy atom. The summed E-state index contributed by atoms with van der Waals surface area (Å²) in [5, 5.41) is 14.2. The highest BCUT2D eigenvalue weighted by atomic mass is 19.4. The number of ether oxygens (including phenoxy) is 1. The molecule has 0 saturated carbocycles. The second-order valence-electron chi connectivity index (χ2n) is 9.21. The molecule has 16 heteroatoms. The fourth-order valence-electron chi connectivity index (χ4n) is 4.62. The van der Waals surface area contributed by atoms with Crippen LogP contribution in [-0.2, 0) is 25.7 Å². The minimum Gasteiger partial charge on any atom is -0.475 e. The Hall–Kier alpha value is -2.98. The third-order valence-electron chi connectivity index (χ3n) is 6.54. The molecule has 0 aromatic heterocycles. The molecule has 40 heavy (non-hydrogen) atoms. The van der Waals surface area contributed by atoms with Crippen LogP contribution in [0.3, 0.4) is 0 Å². The molecule has 0 unspecified atom stereocenters. The molecule has 0 spiro atoms. The quantitative estimate of drug-likeness (QED) is 0.505. The van der Waals surface area contributed by atoms with Gasteiger partial charge in [0.2, 0.25) is 5.91 Å². The van der Waals surface area contributed by atoms with E-state index in [-0.39, 0.29) is 5.82 Å². The van der Waals surface area contributed by atoms with Gasteiger partial charge in [0.25, 0.3) is 0 Å². The van der Waals surface area contributed by atoms with Gasteiger partial charge in [-0.05, 0) is 30.5 Å². The Kier molecular flexibility index (Phi) is 12.1. The molecule has 0 radical (unpaired) electrons. The molecule has 1 aromatic carbocycles. The zero-order valence-corrected chi connectivity index (χ0v) is 21.3. The molecule has 2 N–H and O–H groups in total. The lowest BCUT2D eigenvalue weighted by Crippen LogP contribution is -2.54. The first kappa shape index (κ1) is 33.2. The first-order valence-corrected chi connectivity index (χ1v) is 12.3. The monoisotopic (exact) mass is 589 g/mol. The summed E-state index contributed by atoms with van der Waals surface area (Å²) >= 11 is 0. The van der Waals surface area contributed by atoms with Crippen molar-refractivity contribution in [2.75, 3.05) is 45.9 Å². The van der Waals surface area contributed by atoms with Crippen molar-refractivity contribution in [3.8, 4) is 0 Å². The fourth-order valence-corrected chi connectivity index (χ4v) is 4.62. The number of carbonyl (C=O) groups is 3. The van der Waals surface area contributed by atoms with Gasteiger partial charge in [-0.15, -0.1) is 0 Å². The van der Waals surface area contributed by atoms with E-state index in [1.165, 1.54) is 12.1 Å². The molecule has 2 atom stereocenters. The Labute approximate surface area is 225 Å². The summed E-state index contributed by atoms with van der Waals surface area (Å²) < 4.78 is 82.0. The number of rotatable bonds is 5. The number of carbonyl (C=O) groups excluding carboxylic acids is 1. The molecule has 3 heterocycles. The highest BCUT2D eigenvalue weighted by molar-refractivity contribution is 5.77. The predicted molar refractivity (Wildman–Crippen MR) is 125 cm³/mol. The van der Waals surface area contributed by atoms with E-state index in [9.17, 15) is 35.5 Å². The molecule has 3 aliphatic rings. The van der Waals surface area contributed by atoms with Crippen molar-refractivity contribution in [1.29, 1.82) is 0 Å². The number of amides is 1. The van der Waals surface area contributed by atoms with Crippen LogP contribution in [0.2, 0.25) is 0 Å². The first-order chi connectivity index (χ1) is 18.6. The summed E-state index contributed by atoms with van der Waals surface area (Å²) in [6.07, 6.45) is -7.54. The van der Waals surface area contributed by atoms with Crippen molar-refractivity contribution < 1.29 is 60.1 Å². The zero-order chi connectivity index (χ0) is 30.1. The topological polar surface area (TPSA) is 111 Å². The van der Waals surface area contributed by atoms with Gasteiger partial charge in [-0.2, -0.15) is 26.3 Å². The minimum atomic E-state index is -5.08. The maximum Gasteiger partial charge on any atom is 0.490 e. The van der Waals surface area contributed by atoms with Gasteiger partial charge in [-0.1, -0.05) is 12.1 Å². The molecule has 3 fully saturated rings. The standard InChI is InChI=1S/C20H28FN3O2.2C2HF3O2/c21-17-3-1-16(2-4-17)15-23-8-7-19-18(23)5-6-20(25)24(19)10-9-22-11-13-26-14-12-22;2*3-2(4,5)1(6)7/h1-4,18-19H,5-15H2;2*(H,6,7)/t18-,19-;;/m1../s1. The summed E-state index contributed by atoms with van der Waals surface area (Å²) in [6, 6.07) is 7.56. The van der Waals surface area contributed by atoms with Gasteiger partial charge in [-0.3, -0.25) is 14.6 Å². The summed E-state index contributed by atoms with van der Waals surface area (Å²) in [6.45, 7) is 7.14. The Balaban J connectivity index is 0.000000333. The lowest BCUT2D eigenvalue weighted by atomic mass is 9.96. The molecule has 0 bridgehead atoms. The number of benzene rings is 1. The van der Waals surface area contributed by atoms with Crippen molar-refractivity contribution >= 4 is 17.8 Å². The maximum atomic E-state index is 13.1. The van der Waals surface area contributed by atoms with E-state index < -0.39 is 24.3 Å². The van der Waals surface area contributed by atoms with Crippen LogP contribution in [0.4, 0.5) is 30.7 Å². The number of likely N-dealkylation sites (tertiary alicyclic amines) is 2. The van der Waals surface area contributed by atoms with Crippen LogP contribution in [0.1, 0.15) is 24.8 Å². The van der Waals surface area contributed by atoms with Gasteiger partial charge in [0.05, 0.1) is 13.2 Å². The fraction of sp³-hybridized carbons (Fsp3) is 0.625. The third-order valence-corrected chi connectivity index (χ3v) is 6.54. The number of halogens is 7.